The fourth-order valence-corrected chi connectivity index (χ4v) is 3.48. The number of benzene rings is 2. The molecule has 0 fully saturated rings. The smallest absolute Gasteiger partial charge is 0.122 e. The average Bonchev–Trinajstić information content (AvgIpc) is 2.91. The molecule has 1 aliphatic rings. The SMILES string of the molecule is CNC(c1ccc2c(c1)CCO2)c1cc(Br)ccc1Br. The van der Waals surface area contributed by atoms with Crippen LogP contribution in [0.4, 0.5) is 0 Å². The van der Waals surface area contributed by atoms with Gasteiger partial charge in [0.25, 0.3) is 0 Å². The highest BCUT2D eigenvalue weighted by Crippen LogP contribution is 2.34. The Labute approximate surface area is 135 Å². The van der Waals surface area contributed by atoms with E-state index in [9.17, 15) is 0 Å². The molecule has 0 aromatic heterocycles. The number of ether oxygens (including phenoxy) is 1. The Morgan fingerprint density at radius 2 is 2.00 bits per heavy atom. The molecule has 0 bridgehead atoms. The molecular formula is C16H15Br2NO. The van der Waals surface area contributed by atoms with E-state index in [0.29, 0.717) is 0 Å². The molecule has 1 N–H and O–H groups in total. The van der Waals surface area contributed by atoms with Crippen LogP contribution in [0.15, 0.2) is 45.3 Å². The highest BCUT2D eigenvalue weighted by molar-refractivity contribution is 9.11. The van der Waals surface area contributed by atoms with Gasteiger partial charge in [0.05, 0.1) is 12.6 Å². The van der Waals surface area contributed by atoms with E-state index in [1.54, 1.807) is 0 Å². The maximum Gasteiger partial charge on any atom is 0.122 e. The number of nitrogens with one attached hydrogen (secondary N) is 1. The zero-order valence-corrected chi connectivity index (χ0v) is 14.3. The van der Waals surface area contributed by atoms with Crippen molar-refractivity contribution in [2.45, 2.75) is 12.5 Å². The van der Waals surface area contributed by atoms with Crippen molar-refractivity contribution < 1.29 is 4.74 Å². The summed E-state index contributed by atoms with van der Waals surface area (Å²) >= 11 is 7.19. The van der Waals surface area contributed by atoms with Gasteiger partial charge in [-0.05, 0) is 48.0 Å². The molecule has 2 nitrogen and oxygen atoms in total. The van der Waals surface area contributed by atoms with Crippen LogP contribution in [0.1, 0.15) is 22.7 Å². The van der Waals surface area contributed by atoms with Gasteiger partial charge in [-0.15, -0.1) is 0 Å². The van der Waals surface area contributed by atoms with Crippen LogP contribution in [-0.2, 0) is 6.42 Å². The number of hydrogen-bond donors (Lipinski definition) is 1. The summed E-state index contributed by atoms with van der Waals surface area (Å²) in [6.45, 7) is 0.795. The Balaban J connectivity index is 2.03. The van der Waals surface area contributed by atoms with Crippen LogP contribution < -0.4 is 10.1 Å². The van der Waals surface area contributed by atoms with Crippen molar-refractivity contribution in [1.82, 2.24) is 5.32 Å². The highest BCUT2D eigenvalue weighted by Gasteiger charge is 2.19. The summed E-state index contributed by atoms with van der Waals surface area (Å²) in [5, 5.41) is 3.40. The van der Waals surface area contributed by atoms with Crippen molar-refractivity contribution in [3.8, 4) is 5.75 Å². The van der Waals surface area contributed by atoms with Crippen molar-refractivity contribution in [1.29, 1.82) is 0 Å². The second kappa shape index (κ2) is 5.88. The first kappa shape index (κ1) is 14.1. The molecule has 0 saturated carbocycles. The first-order chi connectivity index (χ1) is 9.69. The minimum absolute atomic E-state index is 0.160. The summed E-state index contributed by atoms with van der Waals surface area (Å²) in [4.78, 5) is 0. The van der Waals surface area contributed by atoms with Gasteiger partial charge < -0.3 is 10.1 Å². The van der Waals surface area contributed by atoms with E-state index in [2.05, 4.69) is 67.5 Å². The Morgan fingerprint density at radius 1 is 1.15 bits per heavy atom. The summed E-state index contributed by atoms with van der Waals surface area (Å²) < 4.78 is 7.77. The van der Waals surface area contributed by atoms with Crippen LogP contribution in [0.5, 0.6) is 5.75 Å². The number of fused-ring (bicyclic) bond motifs is 1. The van der Waals surface area contributed by atoms with Crippen molar-refractivity contribution in [3.05, 3.63) is 62.0 Å². The van der Waals surface area contributed by atoms with Crippen LogP contribution in [0.25, 0.3) is 0 Å². The molecule has 2 aromatic rings. The van der Waals surface area contributed by atoms with Gasteiger partial charge in [-0.2, -0.15) is 0 Å². The van der Waals surface area contributed by atoms with Crippen LogP contribution >= 0.6 is 31.9 Å². The normalized spacial score (nSPS) is 14.8. The maximum absolute atomic E-state index is 5.58. The monoisotopic (exact) mass is 395 g/mol. The predicted molar refractivity (Wildman–Crippen MR) is 88.4 cm³/mol. The molecule has 1 heterocycles. The molecule has 1 atom stereocenters. The van der Waals surface area contributed by atoms with Gasteiger partial charge >= 0.3 is 0 Å². The topological polar surface area (TPSA) is 21.3 Å². The van der Waals surface area contributed by atoms with Gasteiger partial charge in [0.15, 0.2) is 0 Å². The Bertz CT molecular complexity index is 642. The largest absolute Gasteiger partial charge is 0.493 e. The van der Waals surface area contributed by atoms with Crippen molar-refractivity contribution in [2.24, 2.45) is 0 Å². The lowest BCUT2D eigenvalue weighted by atomic mass is 9.96. The summed E-state index contributed by atoms with van der Waals surface area (Å²) in [5.74, 6) is 1.02. The number of hydrogen-bond acceptors (Lipinski definition) is 2. The third-order valence-electron chi connectivity index (χ3n) is 3.60. The lowest BCUT2D eigenvalue weighted by Gasteiger charge is -2.20. The Kier molecular flexibility index (Phi) is 4.15. The highest BCUT2D eigenvalue weighted by atomic mass is 79.9. The van der Waals surface area contributed by atoms with Crippen molar-refractivity contribution in [3.63, 3.8) is 0 Å². The maximum atomic E-state index is 5.58. The molecule has 104 valence electrons. The molecule has 1 aliphatic heterocycles. The summed E-state index contributed by atoms with van der Waals surface area (Å²) in [5.41, 5.74) is 3.78. The van der Waals surface area contributed by atoms with Crippen molar-refractivity contribution in [2.75, 3.05) is 13.7 Å². The molecule has 1 unspecified atom stereocenters. The summed E-state index contributed by atoms with van der Waals surface area (Å²) in [7, 11) is 1.99. The fraction of sp³-hybridized carbons (Fsp3) is 0.250. The first-order valence-electron chi connectivity index (χ1n) is 6.57. The van der Waals surface area contributed by atoms with E-state index < -0.39 is 0 Å². The van der Waals surface area contributed by atoms with E-state index in [1.165, 1.54) is 16.7 Å². The van der Waals surface area contributed by atoms with E-state index in [1.807, 2.05) is 13.1 Å². The van der Waals surface area contributed by atoms with Crippen LogP contribution in [0, 0.1) is 0 Å². The molecular weight excluding hydrogens is 382 g/mol. The van der Waals surface area contributed by atoms with E-state index >= 15 is 0 Å². The molecule has 2 aromatic carbocycles. The molecule has 3 rings (SSSR count). The van der Waals surface area contributed by atoms with Crippen LogP contribution in [0.2, 0.25) is 0 Å². The van der Waals surface area contributed by atoms with E-state index in [-0.39, 0.29) is 6.04 Å². The van der Waals surface area contributed by atoms with Gasteiger partial charge in [-0.3, -0.25) is 0 Å². The first-order valence-corrected chi connectivity index (χ1v) is 8.15. The second-order valence-corrected chi connectivity index (χ2v) is 6.62. The molecule has 4 heteroatoms. The zero-order chi connectivity index (χ0) is 14.1. The zero-order valence-electron chi connectivity index (χ0n) is 11.1. The van der Waals surface area contributed by atoms with Crippen molar-refractivity contribution >= 4 is 31.9 Å². The Hall–Kier alpha value is -0.840. The average molecular weight is 397 g/mol. The molecule has 20 heavy (non-hydrogen) atoms. The molecule has 0 amide bonds. The third-order valence-corrected chi connectivity index (χ3v) is 4.82. The van der Waals surface area contributed by atoms with Gasteiger partial charge in [0.2, 0.25) is 0 Å². The van der Waals surface area contributed by atoms with Crippen LogP contribution in [0.3, 0.4) is 0 Å². The van der Waals surface area contributed by atoms with Crippen LogP contribution in [-0.4, -0.2) is 13.7 Å². The molecule has 0 radical (unpaired) electrons. The fourth-order valence-electron chi connectivity index (χ4n) is 2.62. The molecule has 0 aliphatic carbocycles. The number of rotatable bonds is 3. The second-order valence-electron chi connectivity index (χ2n) is 4.85. The third kappa shape index (κ3) is 2.65. The predicted octanol–water partition coefficient (Wildman–Crippen LogP) is 4.46. The minimum Gasteiger partial charge on any atom is -0.493 e. The molecule has 0 spiro atoms. The van der Waals surface area contributed by atoms with Gasteiger partial charge in [0.1, 0.15) is 5.75 Å². The van der Waals surface area contributed by atoms with Gasteiger partial charge in [0, 0.05) is 15.4 Å². The number of halogens is 2. The Morgan fingerprint density at radius 3 is 2.80 bits per heavy atom. The lowest BCUT2D eigenvalue weighted by molar-refractivity contribution is 0.357. The minimum atomic E-state index is 0.160. The van der Waals surface area contributed by atoms with Gasteiger partial charge in [-0.1, -0.05) is 44.0 Å². The molecule has 0 saturated heterocycles. The quantitative estimate of drug-likeness (QED) is 0.827. The van der Waals surface area contributed by atoms with E-state index in [4.69, 9.17) is 4.74 Å². The lowest BCUT2D eigenvalue weighted by Crippen LogP contribution is -2.18. The summed E-state index contributed by atoms with van der Waals surface area (Å²) in [6, 6.07) is 12.9. The summed E-state index contributed by atoms with van der Waals surface area (Å²) in [6.07, 6.45) is 0.999. The standard InChI is InChI=1S/C16H15Br2NO/c1-19-16(13-9-12(17)3-4-14(13)18)11-2-5-15-10(8-11)6-7-20-15/h2-5,8-9,16,19H,6-7H2,1H3. The van der Waals surface area contributed by atoms with E-state index in [0.717, 1.165) is 27.7 Å². The van der Waals surface area contributed by atoms with Gasteiger partial charge in [-0.25, -0.2) is 0 Å².